The highest BCUT2D eigenvalue weighted by atomic mass is 35.5. The highest BCUT2D eigenvalue weighted by molar-refractivity contribution is 7.91. The van der Waals surface area contributed by atoms with Crippen LogP contribution in [-0.2, 0) is 14.6 Å². The molecule has 3 aromatic rings. The van der Waals surface area contributed by atoms with E-state index in [0.717, 1.165) is 13.0 Å². The largest absolute Gasteiger partial charge is 0.462 e. The van der Waals surface area contributed by atoms with Crippen LogP contribution in [0.4, 0.5) is 21.8 Å². The number of hydrogen-bond acceptors (Lipinski definition) is 10. The third-order valence-electron chi connectivity index (χ3n) is 5.91. The molecule has 1 aliphatic rings. The Hall–Kier alpha value is -3.35. The van der Waals surface area contributed by atoms with Crippen molar-refractivity contribution in [3.05, 3.63) is 59.3 Å². The van der Waals surface area contributed by atoms with Crippen LogP contribution in [0.2, 0.25) is 5.02 Å². The number of pyridine rings is 1. The number of benzene rings is 1. The maximum Gasteiger partial charge on any atom is 0.339 e. The van der Waals surface area contributed by atoms with Crippen LogP contribution in [0, 0.1) is 5.82 Å². The number of hydrogen-bond donors (Lipinski definition) is 2. The quantitative estimate of drug-likeness (QED) is 0.278. The van der Waals surface area contributed by atoms with E-state index in [9.17, 15) is 17.6 Å². The van der Waals surface area contributed by atoms with E-state index in [2.05, 4.69) is 30.5 Å². The summed E-state index contributed by atoms with van der Waals surface area (Å²) in [4.78, 5) is 27.5. The van der Waals surface area contributed by atoms with Gasteiger partial charge in [0.05, 0.1) is 28.7 Å². The topological polar surface area (TPSA) is 126 Å². The summed E-state index contributed by atoms with van der Waals surface area (Å²) in [6, 6.07) is 5.87. The van der Waals surface area contributed by atoms with Gasteiger partial charge in [-0.1, -0.05) is 11.6 Å². The summed E-state index contributed by atoms with van der Waals surface area (Å²) in [5.41, 5.74) is 2.06. The first kappa shape index (κ1) is 27.7. The Balaban J connectivity index is 1.53. The van der Waals surface area contributed by atoms with Crippen molar-refractivity contribution in [1.29, 1.82) is 0 Å². The van der Waals surface area contributed by atoms with E-state index in [4.69, 9.17) is 16.3 Å². The van der Waals surface area contributed by atoms with Crippen molar-refractivity contribution >= 4 is 44.9 Å². The lowest BCUT2D eigenvalue weighted by molar-refractivity contribution is 0.0526. The fourth-order valence-electron chi connectivity index (χ4n) is 3.89. The van der Waals surface area contributed by atoms with Crippen LogP contribution in [0.3, 0.4) is 0 Å². The molecule has 38 heavy (non-hydrogen) atoms. The molecule has 1 fully saturated rings. The zero-order valence-corrected chi connectivity index (χ0v) is 22.4. The van der Waals surface area contributed by atoms with Crippen LogP contribution in [0.15, 0.2) is 42.9 Å². The van der Waals surface area contributed by atoms with Crippen LogP contribution >= 0.6 is 11.6 Å². The SMILES string of the molecule is CCOC(=O)c1cncc(-c2cnc(Nc3ccc(F)c(Cl)c3)nc2NCCCN2CCS(=O)(=O)CC2)c1. The summed E-state index contributed by atoms with van der Waals surface area (Å²) in [6.45, 7) is 4.33. The maximum absolute atomic E-state index is 13.6. The normalized spacial score (nSPS) is 15.1. The van der Waals surface area contributed by atoms with Crippen LogP contribution in [-0.4, -0.2) is 78.5 Å². The lowest BCUT2D eigenvalue weighted by Crippen LogP contribution is -2.41. The Morgan fingerprint density at radius 3 is 2.71 bits per heavy atom. The highest BCUT2D eigenvalue weighted by Crippen LogP contribution is 2.28. The van der Waals surface area contributed by atoms with Crippen LogP contribution in [0.25, 0.3) is 11.1 Å². The molecule has 2 aromatic heterocycles. The lowest BCUT2D eigenvalue weighted by atomic mass is 10.1. The van der Waals surface area contributed by atoms with Crippen molar-refractivity contribution in [2.45, 2.75) is 13.3 Å². The fourth-order valence-corrected chi connectivity index (χ4v) is 5.35. The van der Waals surface area contributed by atoms with Crippen molar-refractivity contribution in [3.63, 3.8) is 0 Å². The molecule has 13 heteroatoms. The third-order valence-corrected chi connectivity index (χ3v) is 7.80. The molecular weight excluding hydrogens is 535 g/mol. The number of sulfone groups is 1. The van der Waals surface area contributed by atoms with Gasteiger partial charge in [-0.3, -0.25) is 4.98 Å². The number of halogens is 2. The second kappa shape index (κ2) is 12.5. The summed E-state index contributed by atoms with van der Waals surface area (Å²) < 4.78 is 42.0. The molecule has 0 saturated carbocycles. The van der Waals surface area contributed by atoms with Gasteiger partial charge in [0.2, 0.25) is 5.95 Å². The first-order valence-corrected chi connectivity index (χ1v) is 14.3. The Kier molecular flexibility index (Phi) is 9.08. The minimum Gasteiger partial charge on any atom is -0.462 e. The van der Waals surface area contributed by atoms with Gasteiger partial charge in [0.1, 0.15) is 11.6 Å². The monoisotopic (exact) mass is 562 g/mol. The standard InChI is InChI=1S/C25H28ClFN6O4S/c1-2-37-24(34)18-12-17(14-28-15-18)20-16-30-25(31-19-4-5-22(27)21(26)13-19)32-23(20)29-6-3-7-33-8-10-38(35,36)11-9-33/h4-5,12-16H,2-3,6-11H2,1H3,(H2,29,30,31,32). The Morgan fingerprint density at radius 1 is 1.18 bits per heavy atom. The number of aromatic nitrogens is 3. The van der Waals surface area contributed by atoms with Gasteiger partial charge in [-0.25, -0.2) is 22.6 Å². The van der Waals surface area contributed by atoms with Gasteiger partial charge < -0.3 is 20.3 Å². The molecule has 0 aliphatic carbocycles. The van der Waals surface area contributed by atoms with Gasteiger partial charge in [-0.15, -0.1) is 0 Å². The number of rotatable bonds is 10. The van der Waals surface area contributed by atoms with E-state index in [-0.39, 0.29) is 29.1 Å². The summed E-state index contributed by atoms with van der Waals surface area (Å²) in [6.07, 6.45) is 5.39. The molecular formula is C25H28ClFN6O4S. The molecule has 3 heterocycles. The predicted molar refractivity (Wildman–Crippen MR) is 144 cm³/mol. The number of carbonyl (C=O) groups excluding carboxylic acids is 1. The average molecular weight is 563 g/mol. The number of anilines is 3. The zero-order chi connectivity index (χ0) is 27.1. The van der Waals surface area contributed by atoms with Crippen molar-refractivity contribution in [2.24, 2.45) is 0 Å². The molecule has 0 amide bonds. The highest BCUT2D eigenvalue weighted by Gasteiger charge is 2.21. The van der Waals surface area contributed by atoms with Crippen LogP contribution < -0.4 is 10.6 Å². The lowest BCUT2D eigenvalue weighted by Gasteiger charge is -2.26. The number of nitrogens with one attached hydrogen (secondary N) is 2. The molecule has 4 rings (SSSR count). The summed E-state index contributed by atoms with van der Waals surface area (Å²) in [7, 11) is -2.92. The molecule has 0 bridgehead atoms. The molecule has 1 saturated heterocycles. The van der Waals surface area contributed by atoms with E-state index < -0.39 is 21.6 Å². The first-order chi connectivity index (χ1) is 18.2. The van der Waals surface area contributed by atoms with Crippen molar-refractivity contribution in [2.75, 3.05) is 54.9 Å². The molecule has 10 nitrogen and oxygen atoms in total. The fraction of sp³-hybridized carbons (Fsp3) is 0.360. The molecule has 202 valence electrons. The van der Waals surface area contributed by atoms with E-state index in [0.29, 0.717) is 47.8 Å². The van der Waals surface area contributed by atoms with Gasteiger partial charge in [0.25, 0.3) is 0 Å². The third kappa shape index (κ3) is 7.36. The summed E-state index contributed by atoms with van der Waals surface area (Å²) >= 11 is 5.89. The molecule has 1 aliphatic heterocycles. The van der Waals surface area contributed by atoms with E-state index in [1.54, 1.807) is 25.4 Å². The minimum absolute atomic E-state index is 0.0302. The van der Waals surface area contributed by atoms with Gasteiger partial charge in [-0.05, 0) is 44.2 Å². The number of esters is 1. The molecule has 0 unspecified atom stereocenters. The maximum atomic E-state index is 13.6. The number of ether oxygens (including phenoxy) is 1. The van der Waals surface area contributed by atoms with Crippen molar-refractivity contribution < 1.29 is 22.3 Å². The van der Waals surface area contributed by atoms with E-state index in [1.807, 2.05) is 0 Å². The Morgan fingerprint density at radius 2 is 1.97 bits per heavy atom. The Bertz CT molecular complexity index is 1390. The average Bonchev–Trinajstić information content (AvgIpc) is 2.90. The first-order valence-electron chi connectivity index (χ1n) is 12.1. The van der Waals surface area contributed by atoms with Gasteiger partial charge in [-0.2, -0.15) is 4.98 Å². The van der Waals surface area contributed by atoms with Crippen LogP contribution in [0.1, 0.15) is 23.7 Å². The molecule has 2 N–H and O–H groups in total. The van der Waals surface area contributed by atoms with E-state index in [1.165, 1.54) is 24.4 Å². The molecule has 1 aromatic carbocycles. The Labute approximate surface area is 225 Å². The van der Waals surface area contributed by atoms with Crippen molar-refractivity contribution in [1.82, 2.24) is 19.9 Å². The zero-order valence-electron chi connectivity index (χ0n) is 20.8. The second-order valence-electron chi connectivity index (χ2n) is 8.67. The summed E-state index contributed by atoms with van der Waals surface area (Å²) in [5, 5.41) is 6.31. The summed E-state index contributed by atoms with van der Waals surface area (Å²) in [5.74, 6) is 0.115. The van der Waals surface area contributed by atoms with E-state index >= 15 is 0 Å². The van der Waals surface area contributed by atoms with Gasteiger partial charge in [0.15, 0.2) is 9.84 Å². The van der Waals surface area contributed by atoms with Gasteiger partial charge in [0, 0.05) is 55.0 Å². The smallest absolute Gasteiger partial charge is 0.339 e. The molecule has 0 spiro atoms. The second-order valence-corrected chi connectivity index (χ2v) is 11.4. The minimum atomic E-state index is -2.92. The van der Waals surface area contributed by atoms with Crippen LogP contribution in [0.5, 0.6) is 0 Å². The van der Waals surface area contributed by atoms with Gasteiger partial charge >= 0.3 is 5.97 Å². The molecule has 0 radical (unpaired) electrons. The molecule has 0 atom stereocenters. The number of carbonyl (C=O) groups is 1. The number of nitrogens with zero attached hydrogens (tertiary/aromatic N) is 4. The van der Waals surface area contributed by atoms with Crippen molar-refractivity contribution in [3.8, 4) is 11.1 Å². The predicted octanol–water partition coefficient (Wildman–Crippen LogP) is 3.78.